The zero-order chi connectivity index (χ0) is 15.2. The number of ether oxygens (including phenoxy) is 2. The van der Waals surface area contributed by atoms with Gasteiger partial charge in [0.15, 0.2) is 11.5 Å². The molecule has 2 rings (SSSR count). The van der Waals surface area contributed by atoms with Gasteiger partial charge in [-0.15, -0.1) is 0 Å². The number of methoxy groups -OCH3 is 2. The van der Waals surface area contributed by atoms with Gasteiger partial charge in [0.05, 0.1) is 25.9 Å². The first kappa shape index (κ1) is 15.4. The highest BCUT2D eigenvalue weighted by Gasteiger charge is 2.05. The molecule has 0 bridgehead atoms. The molecule has 0 amide bonds. The van der Waals surface area contributed by atoms with Crippen LogP contribution in [-0.2, 0) is 0 Å². The van der Waals surface area contributed by atoms with E-state index in [1.165, 1.54) is 0 Å². The monoisotopic (exact) mass is 391 g/mol. The second kappa shape index (κ2) is 7.14. The topological polar surface area (TPSA) is 42.2 Å². The molecule has 4 heteroatoms. The first-order valence-electron chi connectivity index (χ1n) is 6.27. The Bertz CT molecular complexity index is 700. The fourth-order valence-electron chi connectivity index (χ4n) is 1.92. The quantitative estimate of drug-likeness (QED) is 0.442. The van der Waals surface area contributed by atoms with Gasteiger partial charge in [-0.1, -0.05) is 18.2 Å². The van der Waals surface area contributed by atoms with Gasteiger partial charge >= 0.3 is 0 Å². The van der Waals surface area contributed by atoms with Crippen molar-refractivity contribution in [2.24, 2.45) is 0 Å². The van der Waals surface area contributed by atoms with E-state index in [0.29, 0.717) is 17.1 Å². The highest BCUT2D eigenvalue weighted by atomic mass is 127. The maximum atomic E-state index is 9.36. The summed E-state index contributed by atoms with van der Waals surface area (Å²) in [5.41, 5.74) is 2.40. The number of allylic oxidation sites excluding steroid dienone is 1. The fraction of sp³-hybridized carbons (Fsp3) is 0.118. The van der Waals surface area contributed by atoms with Crippen LogP contribution in [-0.4, -0.2) is 14.2 Å². The van der Waals surface area contributed by atoms with Gasteiger partial charge in [0.2, 0.25) is 0 Å². The maximum Gasteiger partial charge on any atom is 0.161 e. The second-order valence-electron chi connectivity index (χ2n) is 4.29. The molecular weight excluding hydrogens is 377 g/mol. The highest BCUT2D eigenvalue weighted by Crippen LogP contribution is 2.29. The highest BCUT2D eigenvalue weighted by molar-refractivity contribution is 14.1. The van der Waals surface area contributed by atoms with Gasteiger partial charge in [0.25, 0.3) is 0 Å². The van der Waals surface area contributed by atoms with Crippen LogP contribution in [0.15, 0.2) is 42.5 Å². The van der Waals surface area contributed by atoms with Gasteiger partial charge in [-0.3, -0.25) is 0 Å². The van der Waals surface area contributed by atoms with E-state index >= 15 is 0 Å². The number of halogens is 1. The van der Waals surface area contributed by atoms with E-state index in [0.717, 1.165) is 14.7 Å². The summed E-state index contributed by atoms with van der Waals surface area (Å²) in [6.07, 6.45) is 1.84. The first-order valence-corrected chi connectivity index (χ1v) is 7.35. The Hall–Kier alpha value is -2.00. The molecule has 2 aromatic rings. The van der Waals surface area contributed by atoms with Crippen LogP contribution in [0.25, 0.3) is 11.6 Å². The summed E-state index contributed by atoms with van der Waals surface area (Å²) in [7, 11) is 3.19. The number of hydrogen-bond donors (Lipinski definition) is 0. The van der Waals surface area contributed by atoms with Crippen molar-refractivity contribution in [2.75, 3.05) is 14.2 Å². The zero-order valence-corrected chi connectivity index (χ0v) is 13.9. The second-order valence-corrected chi connectivity index (χ2v) is 5.54. The molecule has 0 N–H and O–H groups in total. The van der Waals surface area contributed by atoms with Crippen LogP contribution in [0.2, 0.25) is 0 Å². The van der Waals surface area contributed by atoms with Gasteiger partial charge in [-0.05, 0) is 64.1 Å². The lowest BCUT2D eigenvalue weighted by molar-refractivity contribution is 0.355. The van der Waals surface area contributed by atoms with Crippen molar-refractivity contribution in [3.8, 4) is 17.6 Å². The van der Waals surface area contributed by atoms with Gasteiger partial charge in [-0.2, -0.15) is 5.26 Å². The molecule has 21 heavy (non-hydrogen) atoms. The first-order chi connectivity index (χ1) is 10.2. The molecule has 0 aliphatic rings. The Morgan fingerprint density at radius 3 is 2.29 bits per heavy atom. The average Bonchev–Trinajstić information content (AvgIpc) is 2.53. The van der Waals surface area contributed by atoms with E-state index in [9.17, 15) is 5.26 Å². The summed E-state index contributed by atoms with van der Waals surface area (Å²) in [5.74, 6) is 1.31. The molecule has 3 nitrogen and oxygen atoms in total. The summed E-state index contributed by atoms with van der Waals surface area (Å²) in [5, 5.41) is 9.36. The molecule has 0 saturated heterocycles. The minimum Gasteiger partial charge on any atom is -0.493 e. The average molecular weight is 391 g/mol. The lowest BCUT2D eigenvalue weighted by Crippen LogP contribution is -1.91. The number of nitriles is 1. The van der Waals surface area contributed by atoms with E-state index in [-0.39, 0.29) is 0 Å². The molecule has 2 aromatic carbocycles. The van der Waals surface area contributed by atoms with E-state index in [1.807, 2.05) is 48.5 Å². The van der Waals surface area contributed by atoms with Crippen LogP contribution in [0.3, 0.4) is 0 Å². The van der Waals surface area contributed by atoms with Crippen LogP contribution in [0.5, 0.6) is 11.5 Å². The van der Waals surface area contributed by atoms with Crippen molar-refractivity contribution >= 4 is 34.2 Å². The molecule has 0 aliphatic heterocycles. The standard InChI is InChI=1S/C17H14INO2/c1-20-16-8-3-12(10-17(16)21-2)9-14(11-19)13-4-6-15(18)7-5-13/h3-10H,1-2H3/b14-9-. The van der Waals surface area contributed by atoms with Crippen molar-refractivity contribution in [1.29, 1.82) is 5.26 Å². The molecular formula is C17H14INO2. The van der Waals surface area contributed by atoms with Crippen LogP contribution in [0.1, 0.15) is 11.1 Å². The lowest BCUT2D eigenvalue weighted by atomic mass is 10.0. The van der Waals surface area contributed by atoms with Crippen molar-refractivity contribution in [2.45, 2.75) is 0 Å². The molecule has 0 saturated carbocycles. The smallest absolute Gasteiger partial charge is 0.161 e. The van der Waals surface area contributed by atoms with Crippen molar-refractivity contribution in [3.05, 3.63) is 57.2 Å². The number of rotatable bonds is 4. The molecule has 0 fully saturated rings. The van der Waals surface area contributed by atoms with E-state index in [2.05, 4.69) is 28.7 Å². The van der Waals surface area contributed by atoms with Crippen LogP contribution >= 0.6 is 22.6 Å². The van der Waals surface area contributed by atoms with Gasteiger partial charge in [-0.25, -0.2) is 0 Å². The molecule has 0 atom stereocenters. The lowest BCUT2D eigenvalue weighted by Gasteiger charge is -2.08. The van der Waals surface area contributed by atoms with E-state index in [1.54, 1.807) is 14.2 Å². The Morgan fingerprint density at radius 1 is 1.05 bits per heavy atom. The van der Waals surface area contributed by atoms with Gasteiger partial charge in [0.1, 0.15) is 0 Å². The molecule has 0 unspecified atom stereocenters. The third-order valence-corrected chi connectivity index (χ3v) is 3.71. The summed E-state index contributed by atoms with van der Waals surface area (Å²) >= 11 is 2.24. The molecule has 0 aromatic heterocycles. The summed E-state index contributed by atoms with van der Waals surface area (Å²) < 4.78 is 11.6. The predicted molar refractivity (Wildman–Crippen MR) is 92.2 cm³/mol. The molecule has 106 valence electrons. The van der Waals surface area contributed by atoms with Crippen LogP contribution in [0.4, 0.5) is 0 Å². The Labute approximate surface area is 138 Å². The minimum atomic E-state index is 0.610. The van der Waals surface area contributed by atoms with Crippen LogP contribution < -0.4 is 9.47 Å². The van der Waals surface area contributed by atoms with E-state index in [4.69, 9.17) is 9.47 Å². The Morgan fingerprint density at radius 2 is 1.71 bits per heavy atom. The Balaban J connectivity index is 2.41. The fourth-order valence-corrected chi connectivity index (χ4v) is 2.28. The number of hydrogen-bond acceptors (Lipinski definition) is 3. The number of benzene rings is 2. The van der Waals surface area contributed by atoms with E-state index < -0.39 is 0 Å². The third kappa shape index (κ3) is 3.76. The summed E-state index contributed by atoms with van der Waals surface area (Å²) in [6.45, 7) is 0. The molecule has 0 radical (unpaired) electrons. The minimum absolute atomic E-state index is 0.610. The molecule has 0 spiro atoms. The van der Waals surface area contributed by atoms with Crippen LogP contribution in [0, 0.1) is 14.9 Å². The third-order valence-electron chi connectivity index (χ3n) is 2.99. The largest absolute Gasteiger partial charge is 0.493 e. The predicted octanol–water partition coefficient (Wildman–Crippen LogP) is 4.37. The normalized spacial score (nSPS) is 10.9. The van der Waals surface area contributed by atoms with Gasteiger partial charge in [0, 0.05) is 3.57 Å². The van der Waals surface area contributed by atoms with Gasteiger partial charge < -0.3 is 9.47 Å². The van der Waals surface area contributed by atoms with Crippen molar-refractivity contribution in [1.82, 2.24) is 0 Å². The molecule has 0 aliphatic carbocycles. The number of nitrogens with zero attached hydrogens (tertiary/aromatic N) is 1. The SMILES string of the molecule is COc1ccc(/C=C(/C#N)c2ccc(I)cc2)cc1OC. The summed E-state index contributed by atoms with van der Waals surface area (Å²) in [6, 6.07) is 15.7. The van der Waals surface area contributed by atoms with Crippen molar-refractivity contribution in [3.63, 3.8) is 0 Å². The molecule has 0 heterocycles. The summed E-state index contributed by atoms with van der Waals surface area (Å²) in [4.78, 5) is 0. The maximum absolute atomic E-state index is 9.36. The van der Waals surface area contributed by atoms with Crippen molar-refractivity contribution < 1.29 is 9.47 Å². The Kier molecular flexibility index (Phi) is 5.23. The zero-order valence-electron chi connectivity index (χ0n) is 11.8.